The fourth-order valence-electron chi connectivity index (χ4n) is 4.64. The summed E-state index contributed by atoms with van der Waals surface area (Å²) in [6, 6.07) is 14.5. The van der Waals surface area contributed by atoms with Crippen molar-refractivity contribution >= 4 is 17.4 Å². The summed E-state index contributed by atoms with van der Waals surface area (Å²) in [7, 11) is 0. The highest BCUT2D eigenvalue weighted by Gasteiger charge is 2.24. The van der Waals surface area contributed by atoms with Crippen LogP contribution in [0.5, 0.6) is 0 Å². The lowest BCUT2D eigenvalue weighted by Crippen LogP contribution is -2.04. The minimum absolute atomic E-state index is 0. The molecule has 2 atom stereocenters. The average Bonchev–Trinajstić information content (AvgIpc) is 3.21. The van der Waals surface area contributed by atoms with Crippen molar-refractivity contribution in [2.45, 2.75) is 59.4 Å². The Labute approximate surface area is 196 Å². The lowest BCUT2D eigenvalue weighted by molar-refractivity contribution is 0.457. The summed E-state index contributed by atoms with van der Waals surface area (Å²) in [6.07, 6.45) is 9.32. The molecular weight excluding hydrogens is 421 g/mol. The van der Waals surface area contributed by atoms with Crippen LogP contribution in [0.15, 0.2) is 54.7 Å². The van der Waals surface area contributed by atoms with Gasteiger partial charge in [-0.3, -0.25) is 4.98 Å². The van der Waals surface area contributed by atoms with Crippen LogP contribution >= 0.6 is 11.6 Å². The molecule has 5 heteroatoms. The van der Waals surface area contributed by atoms with Crippen LogP contribution in [0.4, 0.5) is 10.2 Å². The van der Waals surface area contributed by atoms with Crippen LogP contribution in [0.1, 0.15) is 57.7 Å². The van der Waals surface area contributed by atoms with E-state index in [0.717, 1.165) is 40.7 Å². The summed E-state index contributed by atoms with van der Waals surface area (Å²) in [5.74, 6) is 2.09. The van der Waals surface area contributed by atoms with E-state index < -0.39 is 0 Å². The maximum Gasteiger partial charge on any atom is 0.126 e. The third-order valence-electron chi connectivity index (χ3n) is 6.14. The van der Waals surface area contributed by atoms with Gasteiger partial charge in [-0.15, -0.1) is 0 Å². The molecule has 0 aliphatic heterocycles. The summed E-state index contributed by atoms with van der Waals surface area (Å²) in [5.41, 5.74) is 3.67. The highest BCUT2D eigenvalue weighted by molar-refractivity contribution is 6.33. The topological polar surface area (TPSA) is 37.8 Å². The van der Waals surface area contributed by atoms with Crippen molar-refractivity contribution in [3.05, 3.63) is 76.8 Å². The Morgan fingerprint density at radius 1 is 1.09 bits per heavy atom. The van der Waals surface area contributed by atoms with E-state index in [1.807, 2.05) is 24.3 Å². The normalized spacial score (nSPS) is 17.7. The summed E-state index contributed by atoms with van der Waals surface area (Å²) in [5, 5.41) is 3.88. The molecule has 1 N–H and O–H groups in total. The zero-order chi connectivity index (χ0) is 21.6. The van der Waals surface area contributed by atoms with E-state index in [1.54, 1.807) is 12.3 Å². The monoisotopic (exact) mass is 453 g/mol. The van der Waals surface area contributed by atoms with Crippen LogP contribution in [0, 0.1) is 17.7 Å². The number of aromatic nitrogens is 2. The van der Waals surface area contributed by atoms with Crippen LogP contribution in [0.25, 0.3) is 11.3 Å². The van der Waals surface area contributed by atoms with E-state index in [0.29, 0.717) is 17.5 Å². The van der Waals surface area contributed by atoms with E-state index >= 15 is 0 Å². The zero-order valence-corrected chi connectivity index (χ0v) is 18.7. The van der Waals surface area contributed by atoms with E-state index in [1.165, 1.54) is 44.2 Å². The van der Waals surface area contributed by atoms with E-state index in [9.17, 15) is 4.39 Å². The summed E-state index contributed by atoms with van der Waals surface area (Å²) in [4.78, 5) is 9.33. The number of halogens is 2. The molecule has 32 heavy (non-hydrogen) atoms. The number of benzene rings is 1. The molecule has 3 aromatic rings. The molecule has 1 saturated carbocycles. The highest BCUT2D eigenvalue weighted by atomic mass is 35.5. The lowest BCUT2D eigenvalue weighted by atomic mass is 9.96. The van der Waals surface area contributed by atoms with E-state index in [-0.39, 0.29) is 13.2 Å². The van der Waals surface area contributed by atoms with Crippen LogP contribution in [-0.4, -0.2) is 9.97 Å². The average molecular weight is 454 g/mol. The first-order valence-corrected chi connectivity index (χ1v) is 11.6. The fourth-order valence-corrected chi connectivity index (χ4v) is 4.84. The highest BCUT2D eigenvalue weighted by Crippen LogP contribution is 2.36. The Morgan fingerprint density at radius 2 is 1.91 bits per heavy atom. The quantitative estimate of drug-likeness (QED) is 0.376. The molecule has 1 aliphatic carbocycles. The van der Waals surface area contributed by atoms with Gasteiger partial charge in [0.2, 0.25) is 0 Å². The molecule has 0 spiro atoms. The van der Waals surface area contributed by atoms with Gasteiger partial charge in [0.15, 0.2) is 0 Å². The second-order valence-electron chi connectivity index (χ2n) is 8.58. The molecule has 3 nitrogen and oxygen atoms in total. The summed E-state index contributed by atoms with van der Waals surface area (Å²) < 4.78 is 13.4. The molecule has 1 fully saturated rings. The molecule has 2 heterocycles. The predicted octanol–water partition coefficient (Wildman–Crippen LogP) is 7.94. The van der Waals surface area contributed by atoms with E-state index in [4.69, 9.17) is 16.6 Å². The molecule has 4 rings (SSSR count). The second kappa shape index (κ2) is 11.4. The minimum atomic E-state index is -0.236. The van der Waals surface area contributed by atoms with Crippen molar-refractivity contribution in [1.29, 1.82) is 0 Å². The van der Waals surface area contributed by atoms with Gasteiger partial charge in [-0.1, -0.05) is 63.4 Å². The molecule has 0 unspecified atom stereocenters. The number of anilines is 1. The Balaban J connectivity index is 0.00000289. The smallest absolute Gasteiger partial charge is 0.126 e. The van der Waals surface area contributed by atoms with Gasteiger partial charge in [0, 0.05) is 24.0 Å². The number of rotatable bonds is 8. The Morgan fingerprint density at radius 3 is 2.72 bits per heavy atom. The molecule has 170 valence electrons. The van der Waals surface area contributed by atoms with Crippen molar-refractivity contribution in [3.8, 4) is 11.3 Å². The van der Waals surface area contributed by atoms with Crippen molar-refractivity contribution < 1.29 is 4.39 Å². The SMILES string of the molecule is C.CCC[C@@H]1CC[C@H](Cc2cc(-c3cccc(NCc4cccc(F)c4)n3)c(Cl)cn2)C1. The Bertz CT molecular complexity index is 1020. The van der Waals surface area contributed by atoms with Gasteiger partial charge in [-0.05, 0) is 67.0 Å². The fraction of sp³-hybridized carbons (Fsp3) is 0.407. The lowest BCUT2D eigenvalue weighted by Gasteiger charge is -2.13. The van der Waals surface area contributed by atoms with Crippen molar-refractivity contribution in [2.75, 3.05) is 5.32 Å². The molecule has 1 aliphatic rings. The van der Waals surface area contributed by atoms with Gasteiger partial charge >= 0.3 is 0 Å². The first kappa shape index (κ1) is 24.2. The van der Waals surface area contributed by atoms with Crippen LogP contribution in [0.3, 0.4) is 0 Å². The minimum Gasteiger partial charge on any atom is -0.366 e. The number of hydrogen-bond acceptors (Lipinski definition) is 3. The van der Waals surface area contributed by atoms with Crippen molar-refractivity contribution in [1.82, 2.24) is 9.97 Å². The number of hydrogen-bond donors (Lipinski definition) is 1. The van der Waals surface area contributed by atoms with Crippen molar-refractivity contribution in [2.24, 2.45) is 11.8 Å². The summed E-state index contributed by atoms with van der Waals surface area (Å²) >= 11 is 6.49. The molecule has 0 radical (unpaired) electrons. The van der Waals surface area contributed by atoms with Gasteiger partial charge in [0.05, 0.1) is 10.7 Å². The van der Waals surface area contributed by atoms with Gasteiger partial charge in [-0.25, -0.2) is 9.37 Å². The van der Waals surface area contributed by atoms with Crippen molar-refractivity contribution in [3.63, 3.8) is 0 Å². The Hall–Kier alpha value is -2.46. The molecule has 0 saturated heterocycles. The maximum atomic E-state index is 13.4. The molecule has 2 aromatic heterocycles. The zero-order valence-electron chi connectivity index (χ0n) is 18.0. The molecule has 0 bridgehead atoms. The first-order chi connectivity index (χ1) is 15.1. The maximum absolute atomic E-state index is 13.4. The molecule has 1 aromatic carbocycles. The van der Waals surface area contributed by atoms with Gasteiger partial charge in [0.25, 0.3) is 0 Å². The van der Waals surface area contributed by atoms with Crippen LogP contribution < -0.4 is 5.32 Å². The van der Waals surface area contributed by atoms with Gasteiger partial charge < -0.3 is 5.32 Å². The Kier molecular flexibility index (Phi) is 8.63. The first-order valence-electron chi connectivity index (χ1n) is 11.2. The second-order valence-corrected chi connectivity index (χ2v) is 8.99. The number of pyridine rings is 2. The molecular formula is C27H33ClFN3. The largest absolute Gasteiger partial charge is 0.366 e. The third kappa shape index (κ3) is 6.29. The summed E-state index contributed by atoms with van der Waals surface area (Å²) in [6.45, 7) is 2.78. The number of nitrogens with zero attached hydrogens (tertiary/aromatic N) is 2. The van der Waals surface area contributed by atoms with Gasteiger partial charge in [0.1, 0.15) is 11.6 Å². The molecule has 0 amide bonds. The van der Waals surface area contributed by atoms with Gasteiger partial charge in [-0.2, -0.15) is 0 Å². The standard InChI is InChI=1S/C26H29ClFN3.CH4/c1-2-5-18-10-11-19(12-18)14-22-15-23(24(27)17-29-22)25-8-4-9-26(31-25)30-16-20-6-3-7-21(28)13-20;/h3-4,6-9,13,15,17-19H,2,5,10-12,14,16H2,1H3,(H,30,31);1H4/t18-,19+;/m1./s1. The van der Waals surface area contributed by atoms with Crippen LogP contribution in [-0.2, 0) is 13.0 Å². The third-order valence-corrected chi connectivity index (χ3v) is 6.45. The van der Waals surface area contributed by atoms with Crippen LogP contribution in [0.2, 0.25) is 5.02 Å². The predicted molar refractivity (Wildman–Crippen MR) is 132 cm³/mol. The number of nitrogens with one attached hydrogen (secondary N) is 1. The van der Waals surface area contributed by atoms with E-state index in [2.05, 4.69) is 23.3 Å².